The van der Waals surface area contributed by atoms with Gasteiger partial charge in [0.2, 0.25) is 11.6 Å². The Bertz CT molecular complexity index is 1290. The molecule has 0 aliphatic heterocycles. The molecule has 0 radical (unpaired) electrons. The zero-order valence-corrected chi connectivity index (χ0v) is 20.3. The number of benzene rings is 3. The highest BCUT2D eigenvalue weighted by atomic mass is 79.9. The summed E-state index contributed by atoms with van der Waals surface area (Å²) in [5, 5.41) is 2.88. The fourth-order valence-corrected chi connectivity index (χ4v) is 4.06. The summed E-state index contributed by atoms with van der Waals surface area (Å²) >= 11 is 3.56. The first-order valence-corrected chi connectivity index (χ1v) is 11.1. The van der Waals surface area contributed by atoms with Crippen LogP contribution >= 0.6 is 15.9 Å². The van der Waals surface area contributed by atoms with Crippen molar-refractivity contribution >= 4 is 38.6 Å². The summed E-state index contributed by atoms with van der Waals surface area (Å²) < 4.78 is 22.8. The van der Waals surface area contributed by atoms with Crippen LogP contribution in [0.1, 0.15) is 22.8 Å². The van der Waals surface area contributed by atoms with Crippen LogP contribution in [-0.2, 0) is 6.42 Å². The Hall–Kier alpha value is -3.52. The number of aryl methyl sites for hydroxylation is 1. The number of nitrogens with zero attached hydrogens (tertiary/aromatic N) is 1. The molecular formula is C25H23BrN2O5. The molecule has 3 aromatic carbocycles. The predicted molar refractivity (Wildman–Crippen MR) is 131 cm³/mol. The second-order valence-corrected chi connectivity index (χ2v) is 8.10. The van der Waals surface area contributed by atoms with Crippen molar-refractivity contribution in [1.82, 2.24) is 4.98 Å². The quantitative estimate of drug-likeness (QED) is 0.323. The minimum Gasteiger partial charge on any atom is -0.493 e. The third kappa shape index (κ3) is 4.52. The van der Waals surface area contributed by atoms with Crippen LogP contribution in [0.15, 0.2) is 57.4 Å². The number of ether oxygens (including phenoxy) is 3. The van der Waals surface area contributed by atoms with E-state index in [1.165, 1.54) is 26.9 Å². The summed E-state index contributed by atoms with van der Waals surface area (Å²) in [6.07, 6.45) is 0.914. The number of rotatable bonds is 7. The van der Waals surface area contributed by atoms with E-state index in [0.717, 1.165) is 22.0 Å². The molecule has 0 saturated heterocycles. The maximum absolute atomic E-state index is 12.8. The first kappa shape index (κ1) is 22.7. The van der Waals surface area contributed by atoms with Crippen molar-refractivity contribution < 1.29 is 23.4 Å². The molecule has 7 nitrogen and oxygen atoms in total. The average molecular weight is 511 g/mol. The summed E-state index contributed by atoms with van der Waals surface area (Å²) in [5.41, 5.74) is 4.51. The van der Waals surface area contributed by atoms with Gasteiger partial charge in [0.05, 0.1) is 25.8 Å². The molecule has 0 spiro atoms. The number of hydrogen-bond donors (Lipinski definition) is 1. The predicted octanol–water partition coefficient (Wildman–Crippen LogP) is 6.10. The molecule has 1 amide bonds. The Balaban J connectivity index is 1.56. The molecular weight excluding hydrogens is 488 g/mol. The minimum absolute atomic E-state index is 0.306. The number of amides is 1. The number of nitrogens with one attached hydrogen (secondary N) is 1. The van der Waals surface area contributed by atoms with E-state index in [0.29, 0.717) is 40.0 Å². The lowest BCUT2D eigenvalue weighted by Crippen LogP contribution is -2.12. The van der Waals surface area contributed by atoms with E-state index in [1.54, 1.807) is 24.3 Å². The Morgan fingerprint density at radius 1 is 1.00 bits per heavy atom. The van der Waals surface area contributed by atoms with Crippen molar-refractivity contribution in [3.05, 3.63) is 64.1 Å². The van der Waals surface area contributed by atoms with Gasteiger partial charge in [0.25, 0.3) is 5.91 Å². The number of halogens is 1. The molecule has 0 aliphatic carbocycles. The van der Waals surface area contributed by atoms with Gasteiger partial charge >= 0.3 is 0 Å². The van der Waals surface area contributed by atoms with Gasteiger partial charge in [-0.15, -0.1) is 0 Å². The van der Waals surface area contributed by atoms with Crippen LogP contribution in [0.5, 0.6) is 17.2 Å². The fourth-order valence-electron chi connectivity index (χ4n) is 3.49. The van der Waals surface area contributed by atoms with E-state index in [9.17, 15) is 4.79 Å². The van der Waals surface area contributed by atoms with Crippen LogP contribution in [0.4, 0.5) is 5.69 Å². The number of aromatic nitrogens is 1. The maximum atomic E-state index is 12.8. The van der Waals surface area contributed by atoms with Crippen LogP contribution < -0.4 is 19.5 Å². The minimum atomic E-state index is -0.306. The number of fused-ring (bicyclic) bond motifs is 1. The summed E-state index contributed by atoms with van der Waals surface area (Å²) in [5.74, 6) is 1.45. The molecule has 4 rings (SSSR count). The third-order valence-corrected chi connectivity index (χ3v) is 5.82. The standard InChI is InChI=1S/C25H23BrN2O5/c1-5-14-10-18(26)22-19(11-14)28-25(33-22)15-6-8-17(9-7-15)27-24(29)16-12-20(30-2)23(32-4)21(13-16)31-3/h6-13H,5H2,1-4H3,(H,27,29). The molecule has 1 aromatic heterocycles. The van der Waals surface area contributed by atoms with E-state index in [4.69, 9.17) is 18.6 Å². The molecule has 1 heterocycles. The molecule has 8 heteroatoms. The van der Waals surface area contributed by atoms with Gasteiger partial charge in [-0.1, -0.05) is 6.92 Å². The summed E-state index contributed by atoms with van der Waals surface area (Å²) in [4.78, 5) is 17.4. The zero-order valence-electron chi connectivity index (χ0n) is 18.7. The summed E-state index contributed by atoms with van der Waals surface area (Å²) in [7, 11) is 4.52. The van der Waals surface area contributed by atoms with Gasteiger partial charge in [-0.05, 0) is 76.4 Å². The second kappa shape index (κ2) is 9.54. The molecule has 0 fully saturated rings. The van der Waals surface area contributed by atoms with Crippen molar-refractivity contribution in [3.8, 4) is 28.7 Å². The second-order valence-electron chi connectivity index (χ2n) is 7.24. The average Bonchev–Trinajstić information content (AvgIpc) is 3.28. The van der Waals surface area contributed by atoms with Gasteiger partial charge in [0, 0.05) is 16.8 Å². The number of hydrogen-bond acceptors (Lipinski definition) is 6. The van der Waals surface area contributed by atoms with Crippen molar-refractivity contribution in [3.63, 3.8) is 0 Å². The van der Waals surface area contributed by atoms with Crippen molar-refractivity contribution in [1.29, 1.82) is 0 Å². The topological polar surface area (TPSA) is 82.8 Å². The van der Waals surface area contributed by atoms with Crippen LogP contribution in [0, 0.1) is 0 Å². The van der Waals surface area contributed by atoms with Gasteiger partial charge in [-0.2, -0.15) is 0 Å². The number of carbonyl (C=O) groups is 1. The molecule has 170 valence electrons. The van der Waals surface area contributed by atoms with Crippen LogP contribution in [0.3, 0.4) is 0 Å². The normalized spacial score (nSPS) is 10.8. The van der Waals surface area contributed by atoms with Gasteiger partial charge in [-0.25, -0.2) is 4.98 Å². The van der Waals surface area contributed by atoms with E-state index in [1.807, 2.05) is 24.3 Å². The van der Waals surface area contributed by atoms with E-state index in [2.05, 4.69) is 33.2 Å². The monoisotopic (exact) mass is 510 g/mol. The summed E-state index contributed by atoms with van der Waals surface area (Å²) in [6.45, 7) is 2.10. The lowest BCUT2D eigenvalue weighted by Gasteiger charge is -2.14. The highest BCUT2D eigenvalue weighted by molar-refractivity contribution is 9.10. The first-order chi connectivity index (χ1) is 16.0. The van der Waals surface area contributed by atoms with E-state index >= 15 is 0 Å². The molecule has 0 unspecified atom stereocenters. The molecule has 0 aliphatic rings. The smallest absolute Gasteiger partial charge is 0.255 e. The first-order valence-electron chi connectivity index (χ1n) is 10.3. The maximum Gasteiger partial charge on any atom is 0.255 e. The van der Waals surface area contributed by atoms with Gasteiger partial charge in [0.15, 0.2) is 17.1 Å². The van der Waals surface area contributed by atoms with Crippen molar-refractivity contribution in [2.45, 2.75) is 13.3 Å². The Morgan fingerprint density at radius 2 is 1.67 bits per heavy atom. The largest absolute Gasteiger partial charge is 0.493 e. The number of methoxy groups -OCH3 is 3. The fraction of sp³-hybridized carbons (Fsp3) is 0.200. The van der Waals surface area contributed by atoms with Gasteiger partial charge in [-0.3, -0.25) is 4.79 Å². The van der Waals surface area contributed by atoms with E-state index < -0.39 is 0 Å². The molecule has 1 N–H and O–H groups in total. The highest BCUT2D eigenvalue weighted by Gasteiger charge is 2.17. The van der Waals surface area contributed by atoms with Crippen molar-refractivity contribution in [2.75, 3.05) is 26.6 Å². The number of anilines is 1. The lowest BCUT2D eigenvalue weighted by molar-refractivity contribution is 0.102. The SMILES string of the molecule is CCc1cc(Br)c2oc(-c3ccc(NC(=O)c4cc(OC)c(OC)c(OC)c4)cc3)nc2c1. The van der Waals surface area contributed by atoms with Crippen LogP contribution in [0.2, 0.25) is 0 Å². The lowest BCUT2D eigenvalue weighted by atomic mass is 10.1. The van der Waals surface area contributed by atoms with Gasteiger partial charge in [0.1, 0.15) is 5.52 Å². The van der Waals surface area contributed by atoms with E-state index in [-0.39, 0.29) is 5.91 Å². The Labute approximate surface area is 199 Å². The van der Waals surface area contributed by atoms with Crippen LogP contribution in [-0.4, -0.2) is 32.2 Å². The summed E-state index contributed by atoms with van der Waals surface area (Å²) in [6, 6.07) is 14.6. The Morgan fingerprint density at radius 3 is 2.24 bits per heavy atom. The molecule has 0 atom stereocenters. The zero-order chi connectivity index (χ0) is 23.5. The van der Waals surface area contributed by atoms with Gasteiger partial charge < -0.3 is 23.9 Å². The Kier molecular flexibility index (Phi) is 6.55. The highest BCUT2D eigenvalue weighted by Crippen LogP contribution is 2.38. The van der Waals surface area contributed by atoms with Crippen molar-refractivity contribution in [2.24, 2.45) is 0 Å². The third-order valence-electron chi connectivity index (χ3n) is 5.23. The molecule has 33 heavy (non-hydrogen) atoms. The number of carbonyl (C=O) groups excluding carboxylic acids is 1. The molecule has 0 saturated carbocycles. The van der Waals surface area contributed by atoms with Crippen LogP contribution in [0.25, 0.3) is 22.6 Å². The molecule has 4 aromatic rings. The molecule has 0 bridgehead atoms. The number of oxazole rings is 1.